The molecule has 0 saturated carbocycles. The quantitative estimate of drug-likeness (QED) is 0.0160. The number of carbonyl (C=O) groups is 9. The fourth-order valence-corrected chi connectivity index (χ4v) is 8.90. The van der Waals surface area contributed by atoms with Crippen molar-refractivity contribution in [3.05, 3.63) is 109 Å². The number of phenols is 1. The number of phenolic OH excluding ortho intramolecular Hbond substituents is 1. The number of methoxy groups -OCH3 is 1. The van der Waals surface area contributed by atoms with Crippen LogP contribution in [-0.4, -0.2) is 146 Å². The second kappa shape index (κ2) is 29.0. The van der Waals surface area contributed by atoms with Crippen molar-refractivity contribution in [2.75, 3.05) is 25.5 Å². The summed E-state index contributed by atoms with van der Waals surface area (Å²) in [6.07, 6.45) is -0.690. The molecule has 1 aromatic heterocycles. The monoisotopic (exact) mass is 1140 g/mol. The highest BCUT2D eigenvalue weighted by Crippen LogP contribution is 2.29. The number of nitro benzene ring substituents is 2. The number of hydrogen-bond donors (Lipinski definition) is 10. The number of nitro groups is 2. The summed E-state index contributed by atoms with van der Waals surface area (Å²) in [6.45, 7) is 5.77. The van der Waals surface area contributed by atoms with Gasteiger partial charge >= 0.3 is 17.6 Å². The van der Waals surface area contributed by atoms with Crippen molar-refractivity contribution in [1.29, 1.82) is 0 Å². The maximum absolute atomic E-state index is 14.1. The van der Waals surface area contributed by atoms with Gasteiger partial charge in [0.05, 0.1) is 35.9 Å². The number of benzene rings is 3. The first-order valence-electron chi connectivity index (χ1n) is 25.9. The Bertz CT molecular complexity index is 3130. The molecule has 7 atom stereocenters. The summed E-state index contributed by atoms with van der Waals surface area (Å²) in [4.78, 5) is 154. The van der Waals surface area contributed by atoms with Gasteiger partial charge in [-0.25, -0.2) is 9.59 Å². The summed E-state index contributed by atoms with van der Waals surface area (Å²) in [5, 5.41) is 69.9. The Morgan fingerprint density at radius 2 is 1.44 bits per heavy atom. The molecule has 0 unspecified atom stereocenters. The number of non-ortho nitro benzene ring substituents is 1. The first-order valence-corrected chi connectivity index (χ1v) is 25.9. The van der Waals surface area contributed by atoms with Crippen LogP contribution in [0.15, 0.2) is 75.9 Å². The van der Waals surface area contributed by atoms with E-state index in [9.17, 15) is 83.5 Å². The van der Waals surface area contributed by atoms with Crippen molar-refractivity contribution in [1.82, 2.24) is 36.8 Å². The summed E-state index contributed by atoms with van der Waals surface area (Å²) in [5.41, 5.74) is -0.810. The molecule has 0 aliphatic carbocycles. The molecule has 10 N–H and O–H groups in total. The van der Waals surface area contributed by atoms with E-state index in [1.807, 2.05) is 0 Å². The normalized spacial score (nSPS) is 15.1. The molecule has 1 saturated heterocycles. The van der Waals surface area contributed by atoms with Crippen molar-refractivity contribution in [3.63, 3.8) is 0 Å². The standard InChI is InChI=1S/C53H64N10O19/c1-27(2)46(60-49(71)38(21-30-11-14-33(64)15-12-30)57-43(65)22-31-23-45(68)82-42-25-34(81-5)16-17-35(31)42)51(73)55-28(3)47(69)59-39(26-44(66)67)48(70)56-29(4)52(74)61-20-8-10-40(61)50(72)58-37(53(75)76)9-6-7-19-54-36-18-13-32(62(77)78)24-41(36)63(79)80/h11-18,23-25,27-29,37-40,46,54,64H,6-10,19-22,26H2,1-5H3,(H,55,73)(H,56,70)(H,57,65)(H,58,72)(H,59,69)(H,60,71)(H,66,67)(H,75,76)/t28-,29-,37-,38-,39-,40-,46-/m0/s1. The minimum absolute atomic E-state index is 0.00789. The van der Waals surface area contributed by atoms with Gasteiger partial charge in [-0.1, -0.05) is 26.0 Å². The Balaban J connectivity index is 1.17. The lowest BCUT2D eigenvalue weighted by molar-refractivity contribution is -0.393. The highest BCUT2D eigenvalue weighted by Gasteiger charge is 2.39. The minimum Gasteiger partial charge on any atom is -0.508 e. The van der Waals surface area contributed by atoms with Gasteiger partial charge in [0.15, 0.2) is 0 Å². The number of aromatic hydroxyl groups is 1. The number of rotatable bonds is 29. The van der Waals surface area contributed by atoms with Crippen molar-refractivity contribution in [2.24, 2.45) is 5.92 Å². The number of nitrogens with one attached hydrogen (secondary N) is 7. The lowest BCUT2D eigenvalue weighted by Gasteiger charge is -2.29. The topological polar surface area (TPSA) is 427 Å². The Kier molecular flexibility index (Phi) is 22.3. The molecule has 1 fully saturated rings. The molecule has 4 aromatic rings. The number of likely N-dealkylation sites (tertiary alicyclic amines) is 1. The highest BCUT2D eigenvalue weighted by molar-refractivity contribution is 5.98. The lowest BCUT2D eigenvalue weighted by atomic mass is 10.00. The molecular formula is C53H64N10O19. The second-order valence-electron chi connectivity index (χ2n) is 19.7. The number of carboxylic acid groups (broad SMARTS) is 2. The number of hydrogen-bond acceptors (Lipinski definition) is 18. The van der Waals surface area contributed by atoms with E-state index < -0.39 is 135 Å². The van der Waals surface area contributed by atoms with Crippen LogP contribution in [0.4, 0.5) is 17.1 Å². The molecule has 1 aliphatic heterocycles. The number of fused-ring (bicyclic) bond motifs is 1. The predicted octanol–water partition coefficient (Wildman–Crippen LogP) is 1.55. The predicted molar refractivity (Wildman–Crippen MR) is 289 cm³/mol. The van der Waals surface area contributed by atoms with Gasteiger partial charge < -0.3 is 66.6 Å². The van der Waals surface area contributed by atoms with E-state index >= 15 is 0 Å². The van der Waals surface area contributed by atoms with Crippen LogP contribution in [0.3, 0.4) is 0 Å². The molecular weight excluding hydrogens is 1080 g/mol. The summed E-state index contributed by atoms with van der Waals surface area (Å²) in [6, 6.07) is 4.69. The maximum atomic E-state index is 14.1. The van der Waals surface area contributed by atoms with Crippen LogP contribution in [0.2, 0.25) is 0 Å². The van der Waals surface area contributed by atoms with Crippen molar-refractivity contribution >= 4 is 81.3 Å². The Hall–Kier alpha value is -9.70. The van der Waals surface area contributed by atoms with Gasteiger partial charge in [-0.3, -0.25) is 58.6 Å². The molecule has 29 nitrogen and oxygen atoms in total. The Morgan fingerprint density at radius 1 is 0.756 bits per heavy atom. The molecule has 7 amide bonds. The second-order valence-corrected chi connectivity index (χ2v) is 19.7. The van der Waals surface area contributed by atoms with Gasteiger partial charge in [-0.2, -0.15) is 0 Å². The number of carbonyl (C=O) groups excluding carboxylic acids is 7. The van der Waals surface area contributed by atoms with Crippen LogP contribution in [0.1, 0.15) is 77.3 Å². The summed E-state index contributed by atoms with van der Waals surface area (Å²) in [7, 11) is 1.43. The van der Waals surface area contributed by atoms with E-state index in [0.717, 1.165) is 23.1 Å². The minimum atomic E-state index is -1.82. The number of carboxylic acids is 2. The SMILES string of the molecule is COc1ccc2c(CC(=O)N[C@@H](Cc3ccc(O)cc3)C(=O)N[C@H](C(=O)N[C@@H](C)C(=O)N[C@@H](CC(=O)O)C(=O)N[C@@H](C)C(=O)N3CCC[C@H]3C(=O)N[C@@H](CCCCNc3ccc([N+](=O)[O-])cc3[N+](=O)[O-])C(=O)O)C(C)C)cc(=O)oc2c1. The first kappa shape index (κ1) is 63.1. The molecule has 0 bridgehead atoms. The van der Waals surface area contributed by atoms with Gasteiger partial charge in [-0.05, 0) is 93.3 Å². The fraction of sp³-hybridized carbons (Fsp3) is 0.434. The van der Waals surface area contributed by atoms with Crippen molar-refractivity contribution in [3.8, 4) is 11.5 Å². The highest BCUT2D eigenvalue weighted by atomic mass is 16.6. The largest absolute Gasteiger partial charge is 0.508 e. The maximum Gasteiger partial charge on any atom is 0.336 e. The van der Waals surface area contributed by atoms with Crippen LogP contribution in [0.25, 0.3) is 11.0 Å². The van der Waals surface area contributed by atoms with Gasteiger partial charge in [0, 0.05) is 43.1 Å². The molecule has 0 spiro atoms. The third-order valence-corrected chi connectivity index (χ3v) is 13.2. The molecule has 0 radical (unpaired) electrons. The first-order chi connectivity index (χ1) is 38.8. The van der Waals surface area contributed by atoms with Gasteiger partial charge in [-0.15, -0.1) is 0 Å². The van der Waals surface area contributed by atoms with Crippen LogP contribution >= 0.6 is 0 Å². The zero-order valence-corrected chi connectivity index (χ0v) is 45.3. The number of unbranched alkanes of at least 4 members (excludes halogenated alkanes) is 1. The van der Waals surface area contributed by atoms with E-state index in [-0.39, 0.29) is 74.2 Å². The van der Waals surface area contributed by atoms with Gasteiger partial charge in [0.1, 0.15) is 65.1 Å². The van der Waals surface area contributed by atoms with E-state index in [1.165, 1.54) is 57.4 Å². The number of nitrogens with zero attached hydrogens (tertiary/aromatic N) is 3. The molecule has 1 aliphatic rings. The van der Waals surface area contributed by atoms with Crippen LogP contribution < -0.4 is 47.6 Å². The molecule has 29 heteroatoms. The Labute approximate surface area is 467 Å². The van der Waals surface area contributed by atoms with E-state index in [1.54, 1.807) is 26.0 Å². The van der Waals surface area contributed by atoms with Crippen molar-refractivity contribution in [2.45, 2.75) is 121 Å². The average Bonchev–Trinajstić information content (AvgIpc) is 3.87. The molecule has 2 heterocycles. The third kappa shape index (κ3) is 17.7. The van der Waals surface area contributed by atoms with E-state index in [2.05, 4.69) is 37.2 Å². The summed E-state index contributed by atoms with van der Waals surface area (Å²) >= 11 is 0. The van der Waals surface area contributed by atoms with E-state index in [4.69, 9.17) is 9.15 Å². The zero-order valence-electron chi connectivity index (χ0n) is 45.3. The molecule has 440 valence electrons. The zero-order chi connectivity index (χ0) is 60.5. The Morgan fingerprint density at radius 3 is 2.07 bits per heavy atom. The molecule has 3 aromatic carbocycles. The smallest absolute Gasteiger partial charge is 0.336 e. The summed E-state index contributed by atoms with van der Waals surface area (Å²) < 4.78 is 10.5. The van der Waals surface area contributed by atoms with Crippen LogP contribution in [0.5, 0.6) is 11.5 Å². The van der Waals surface area contributed by atoms with Crippen LogP contribution in [-0.2, 0) is 56.0 Å². The fourth-order valence-electron chi connectivity index (χ4n) is 8.90. The number of ether oxygens (including phenoxy) is 1. The number of aliphatic carboxylic acids is 2. The summed E-state index contributed by atoms with van der Waals surface area (Å²) in [5.74, 6) is -9.43. The van der Waals surface area contributed by atoms with E-state index in [0.29, 0.717) is 23.1 Å². The average molecular weight is 1150 g/mol. The number of amides is 7. The van der Waals surface area contributed by atoms with Crippen molar-refractivity contribution < 1.29 is 77.5 Å². The van der Waals surface area contributed by atoms with Crippen LogP contribution in [0, 0.1) is 26.1 Å². The van der Waals surface area contributed by atoms with Gasteiger partial charge in [0.2, 0.25) is 41.4 Å². The lowest BCUT2D eigenvalue weighted by Crippen LogP contribution is -2.60. The molecule has 82 heavy (non-hydrogen) atoms. The third-order valence-electron chi connectivity index (χ3n) is 13.2. The number of anilines is 1. The van der Waals surface area contributed by atoms with Gasteiger partial charge in [0.25, 0.3) is 11.4 Å². The molecule has 5 rings (SSSR count).